The Morgan fingerprint density at radius 1 is 1.30 bits per heavy atom. The molecule has 1 amide bonds. The summed E-state index contributed by atoms with van der Waals surface area (Å²) in [7, 11) is 0. The summed E-state index contributed by atoms with van der Waals surface area (Å²) in [6.07, 6.45) is 5.96. The summed E-state index contributed by atoms with van der Waals surface area (Å²) in [5.74, 6) is 1.81. The number of carbonyl (C=O) groups is 1. The third-order valence-corrected chi connectivity index (χ3v) is 4.86. The number of hydrogen-bond acceptors (Lipinski definition) is 3. The third-order valence-electron chi connectivity index (χ3n) is 4.86. The van der Waals surface area contributed by atoms with Gasteiger partial charge in [0.2, 0.25) is 0 Å². The topological polar surface area (TPSA) is 41.6 Å². The van der Waals surface area contributed by atoms with Crippen LogP contribution in [0.2, 0.25) is 0 Å². The molecule has 126 valence electrons. The maximum atomic E-state index is 12.2. The van der Waals surface area contributed by atoms with Crippen molar-refractivity contribution in [1.82, 2.24) is 10.2 Å². The number of rotatable bonds is 8. The highest BCUT2D eigenvalue weighted by Crippen LogP contribution is 2.31. The predicted octanol–water partition coefficient (Wildman–Crippen LogP) is 3.14. The zero-order valence-electron chi connectivity index (χ0n) is 14.1. The Labute approximate surface area is 139 Å². The smallest absolute Gasteiger partial charge is 0.260 e. The van der Waals surface area contributed by atoms with Gasteiger partial charge in [0.05, 0.1) is 0 Å². The highest BCUT2D eigenvalue weighted by molar-refractivity contribution is 5.78. The third kappa shape index (κ3) is 4.47. The van der Waals surface area contributed by atoms with Crippen LogP contribution in [0.15, 0.2) is 24.3 Å². The summed E-state index contributed by atoms with van der Waals surface area (Å²) in [4.78, 5) is 14.1. The Kier molecular flexibility index (Phi) is 5.55. The van der Waals surface area contributed by atoms with E-state index in [4.69, 9.17) is 4.74 Å². The van der Waals surface area contributed by atoms with Crippen LogP contribution in [0.3, 0.4) is 0 Å². The van der Waals surface area contributed by atoms with Gasteiger partial charge in [-0.15, -0.1) is 0 Å². The molecule has 1 aromatic rings. The van der Waals surface area contributed by atoms with Crippen molar-refractivity contribution >= 4 is 5.91 Å². The SMILES string of the molecule is CCC(NCC1CC1)c1ccccc1OCC(=O)N1CCCC1. The van der Waals surface area contributed by atoms with Gasteiger partial charge in [0.25, 0.3) is 5.91 Å². The van der Waals surface area contributed by atoms with Crippen molar-refractivity contribution < 1.29 is 9.53 Å². The summed E-state index contributed by atoms with van der Waals surface area (Å²) in [5.41, 5.74) is 1.17. The molecule has 1 aromatic carbocycles. The predicted molar refractivity (Wildman–Crippen MR) is 91.5 cm³/mol. The van der Waals surface area contributed by atoms with Crippen molar-refractivity contribution in [3.63, 3.8) is 0 Å². The van der Waals surface area contributed by atoms with E-state index < -0.39 is 0 Å². The summed E-state index contributed by atoms with van der Waals surface area (Å²) >= 11 is 0. The Morgan fingerprint density at radius 2 is 2.04 bits per heavy atom. The summed E-state index contributed by atoms with van der Waals surface area (Å²) in [6.45, 7) is 5.18. The number of likely N-dealkylation sites (tertiary alicyclic amines) is 1. The Hall–Kier alpha value is -1.55. The van der Waals surface area contributed by atoms with Gasteiger partial charge in [-0.1, -0.05) is 25.1 Å². The quantitative estimate of drug-likeness (QED) is 0.801. The fraction of sp³-hybridized carbons (Fsp3) is 0.632. The number of carbonyl (C=O) groups excluding carboxylic acids is 1. The molecule has 0 bridgehead atoms. The van der Waals surface area contributed by atoms with E-state index in [1.807, 2.05) is 23.1 Å². The number of ether oxygens (including phenoxy) is 1. The largest absolute Gasteiger partial charge is 0.483 e. The molecule has 2 fully saturated rings. The maximum Gasteiger partial charge on any atom is 0.260 e. The highest BCUT2D eigenvalue weighted by atomic mass is 16.5. The molecular weight excluding hydrogens is 288 g/mol. The van der Waals surface area contributed by atoms with Gasteiger partial charge in [0.15, 0.2) is 6.61 Å². The molecule has 1 unspecified atom stereocenters. The summed E-state index contributed by atoms with van der Waals surface area (Å²) in [6, 6.07) is 8.42. The molecule has 1 saturated carbocycles. The molecule has 2 aliphatic rings. The minimum atomic E-state index is 0.108. The first kappa shape index (κ1) is 16.3. The molecule has 23 heavy (non-hydrogen) atoms. The Morgan fingerprint density at radius 3 is 2.74 bits per heavy atom. The van der Waals surface area contributed by atoms with Crippen LogP contribution >= 0.6 is 0 Å². The first-order valence-electron chi connectivity index (χ1n) is 9.00. The van der Waals surface area contributed by atoms with Crippen molar-refractivity contribution in [2.24, 2.45) is 5.92 Å². The van der Waals surface area contributed by atoms with Gasteiger partial charge in [0.1, 0.15) is 5.75 Å². The minimum absolute atomic E-state index is 0.108. The standard InChI is InChI=1S/C19H28N2O2/c1-2-17(20-13-15-9-10-15)16-7-3-4-8-18(16)23-14-19(22)21-11-5-6-12-21/h3-4,7-8,15,17,20H,2,5-6,9-14H2,1H3. The van der Waals surface area contributed by atoms with Crippen LogP contribution in [0, 0.1) is 5.92 Å². The molecule has 0 aromatic heterocycles. The van der Waals surface area contributed by atoms with E-state index in [2.05, 4.69) is 18.3 Å². The van der Waals surface area contributed by atoms with Crippen molar-refractivity contribution in [1.29, 1.82) is 0 Å². The molecule has 1 heterocycles. The fourth-order valence-electron chi connectivity index (χ4n) is 3.20. The van der Waals surface area contributed by atoms with Crippen LogP contribution < -0.4 is 10.1 Å². The zero-order valence-corrected chi connectivity index (χ0v) is 14.1. The lowest BCUT2D eigenvalue weighted by Crippen LogP contribution is -2.32. The lowest BCUT2D eigenvalue weighted by molar-refractivity contribution is -0.132. The monoisotopic (exact) mass is 316 g/mol. The van der Waals surface area contributed by atoms with Gasteiger partial charge in [-0.05, 0) is 50.6 Å². The molecule has 1 saturated heterocycles. The van der Waals surface area contributed by atoms with Gasteiger partial charge < -0.3 is 15.0 Å². The van der Waals surface area contributed by atoms with E-state index in [0.29, 0.717) is 6.04 Å². The average molecular weight is 316 g/mol. The van der Waals surface area contributed by atoms with E-state index in [-0.39, 0.29) is 12.5 Å². The first-order valence-corrected chi connectivity index (χ1v) is 9.00. The Bertz CT molecular complexity index is 522. The van der Waals surface area contributed by atoms with Crippen molar-refractivity contribution in [2.75, 3.05) is 26.2 Å². The second-order valence-electron chi connectivity index (χ2n) is 6.73. The van der Waals surface area contributed by atoms with Crippen LogP contribution in [-0.4, -0.2) is 37.0 Å². The molecule has 4 nitrogen and oxygen atoms in total. The van der Waals surface area contributed by atoms with Crippen molar-refractivity contribution in [3.8, 4) is 5.75 Å². The van der Waals surface area contributed by atoms with E-state index in [1.54, 1.807) is 0 Å². The minimum Gasteiger partial charge on any atom is -0.483 e. The molecule has 1 N–H and O–H groups in total. The normalized spacial score (nSPS) is 18.9. The molecular formula is C19H28N2O2. The zero-order chi connectivity index (χ0) is 16.1. The second-order valence-corrected chi connectivity index (χ2v) is 6.73. The van der Waals surface area contributed by atoms with Crippen molar-refractivity contribution in [3.05, 3.63) is 29.8 Å². The summed E-state index contributed by atoms with van der Waals surface area (Å²) in [5, 5.41) is 3.66. The average Bonchev–Trinajstić information content (AvgIpc) is 3.24. The van der Waals surface area contributed by atoms with Crippen LogP contribution in [0.4, 0.5) is 0 Å². The molecule has 4 heteroatoms. The molecule has 0 spiro atoms. The molecule has 1 atom stereocenters. The van der Waals surface area contributed by atoms with Gasteiger partial charge >= 0.3 is 0 Å². The van der Waals surface area contributed by atoms with Gasteiger partial charge in [0, 0.05) is 24.7 Å². The number of hydrogen-bond donors (Lipinski definition) is 1. The first-order chi connectivity index (χ1) is 11.3. The van der Waals surface area contributed by atoms with E-state index in [1.165, 1.54) is 18.4 Å². The van der Waals surface area contributed by atoms with Crippen LogP contribution in [0.25, 0.3) is 0 Å². The summed E-state index contributed by atoms with van der Waals surface area (Å²) < 4.78 is 5.89. The number of nitrogens with zero attached hydrogens (tertiary/aromatic N) is 1. The van der Waals surface area contributed by atoms with Crippen LogP contribution in [-0.2, 0) is 4.79 Å². The van der Waals surface area contributed by atoms with Crippen LogP contribution in [0.5, 0.6) is 5.75 Å². The van der Waals surface area contributed by atoms with Gasteiger partial charge in [-0.25, -0.2) is 0 Å². The molecule has 1 aliphatic heterocycles. The second kappa shape index (κ2) is 7.82. The number of benzene rings is 1. The molecule has 1 aliphatic carbocycles. The van der Waals surface area contributed by atoms with Gasteiger partial charge in [-0.2, -0.15) is 0 Å². The highest BCUT2D eigenvalue weighted by Gasteiger charge is 2.24. The maximum absolute atomic E-state index is 12.2. The fourth-order valence-corrected chi connectivity index (χ4v) is 3.20. The van der Waals surface area contributed by atoms with E-state index >= 15 is 0 Å². The van der Waals surface area contributed by atoms with Crippen LogP contribution in [0.1, 0.15) is 50.6 Å². The van der Waals surface area contributed by atoms with E-state index in [0.717, 1.165) is 50.6 Å². The number of para-hydroxylation sites is 1. The molecule has 3 rings (SSSR count). The van der Waals surface area contributed by atoms with Gasteiger partial charge in [-0.3, -0.25) is 4.79 Å². The Balaban J connectivity index is 1.60. The lowest BCUT2D eigenvalue weighted by Gasteiger charge is -2.21. The number of amides is 1. The van der Waals surface area contributed by atoms with Crippen molar-refractivity contribution in [2.45, 2.75) is 45.1 Å². The van der Waals surface area contributed by atoms with E-state index in [9.17, 15) is 4.79 Å². The number of nitrogens with one attached hydrogen (secondary N) is 1. The molecule has 0 radical (unpaired) electrons. The lowest BCUT2D eigenvalue weighted by atomic mass is 10.0.